The third-order valence-corrected chi connectivity index (χ3v) is 5.10. The lowest BCUT2D eigenvalue weighted by Crippen LogP contribution is -1.91. The summed E-state index contributed by atoms with van der Waals surface area (Å²) in [4.78, 5) is 0. The molecule has 0 aliphatic carbocycles. The van der Waals surface area contributed by atoms with Crippen LogP contribution in [0, 0.1) is 10.5 Å². The van der Waals surface area contributed by atoms with Gasteiger partial charge in [-0.05, 0) is 47.9 Å². The van der Waals surface area contributed by atoms with Gasteiger partial charge >= 0.3 is 0 Å². The van der Waals surface area contributed by atoms with Crippen molar-refractivity contribution in [2.24, 2.45) is 7.05 Å². The second-order valence-corrected chi connectivity index (χ2v) is 6.10. The van der Waals surface area contributed by atoms with Crippen LogP contribution in [0.15, 0.2) is 23.2 Å². The number of aromatic nitrogens is 2. The molecular weight excluding hydrogens is 367 g/mol. The van der Waals surface area contributed by atoms with Gasteiger partial charge in [-0.3, -0.25) is 4.68 Å². The molecule has 0 aliphatic rings. The molecule has 0 radical (unpaired) electrons. The molecule has 0 atom stereocenters. The summed E-state index contributed by atoms with van der Waals surface area (Å²) < 4.78 is 2.98. The van der Waals surface area contributed by atoms with Gasteiger partial charge < -0.3 is 0 Å². The monoisotopic (exact) mass is 378 g/mol. The maximum Gasteiger partial charge on any atom is 0.0969 e. The van der Waals surface area contributed by atoms with E-state index in [-0.39, 0.29) is 0 Å². The first-order valence-corrected chi connectivity index (χ1v) is 7.75. The number of hydrogen-bond acceptors (Lipinski definition) is 2. The Hall–Kier alpha value is -0.200. The van der Waals surface area contributed by atoms with Gasteiger partial charge in [0.2, 0.25) is 0 Å². The van der Waals surface area contributed by atoms with Gasteiger partial charge in [0.25, 0.3) is 0 Å². The third-order valence-electron chi connectivity index (χ3n) is 2.61. The van der Waals surface area contributed by atoms with E-state index in [0.29, 0.717) is 0 Å². The molecule has 0 saturated carbocycles. The van der Waals surface area contributed by atoms with Gasteiger partial charge in [-0.15, -0.1) is 11.8 Å². The van der Waals surface area contributed by atoms with E-state index in [4.69, 9.17) is 11.6 Å². The highest BCUT2D eigenvalue weighted by molar-refractivity contribution is 14.1. The van der Waals surface area contributed by atoms with Crippen LogP contribution in [0.5, 0.6) is 0 Å². The van der Waals surface area contributed by atoms with Crippen LogP contribution in [-0.2, 0) is 7.05 Å². The SMILES string of the molecule is CSc1c(C)c(-c2ccc(Cl)c(I)c2)nn1C. The van der Waals surface area contributed by atoms with Crippen molar-refractivity contribution in [3.63, 3.8) is 0 Å². The second-order valence-electron chi connectivity index (χ2n) is 3.74. The minimum Gasteiger partial charge on any atom is -0.261 e. The van der Waals surface area contributed by atoms with Crippen LogP contribution in [0.2, 0.25) is 5.02 Å². The smallest absolute Gasteiger partial charge is 0.0969 e. The lowest BCUT2D eigenvalue weighted by molar-refractivity contribution is 0.699. The first-order valence-electron chi connectivity index (χ1n) is 5.07. The maximum absolute atomic E-state index is 6.03. The van der Waals surface area contributed by atoms with Gasteiger partial charge in [-0.2, -0.15) is 5.10 Å². The first kappa shape index (κ1) is 13.2. The van der Waals surface area contributed by atoms with E-state index in [0.717, 1.165) is 19.9 Å². The van der Waals surface area contributed by atoms with Gasteiger partial charge in [-0.1, -0.05) is 17.7 Å². The molecule has 0 N–H and O–H groups in total. The molecule has 2 aromatic rings. The maximum atomic E-state index is 6.03. The summed E-state index contributed by atoms with van der Waals surface area (Å²) >= 11 is 9.99. The Bertz CT molecular complexity index is 566. The van der Waals surface area contributed by atoms with Crippen molar-refractivity contribution in [1.29, 1.82) is 0 Å². The Morgan fingerprint density at radius 2 is 2.12 bits per heavy atom. The summed E-state index contributed by atoms with van der Waals surface area (Å²) in [5.74, 6) is 0. The van der Waals surface area contributed by atoms with E-state index in [1.807, 2.05) is 23.9 Å². The van der Waals surface area contributed by atoms with Crippen LogP contribution in [0.1, 0.15) is 5.56 Å². The molecule has 1 aromatic carbocycles. The van der Waals surface area contributed by atoms with Gasteiger partial charge in [-0.25, -0.2) is 0 Å². The fourth-order valence-electron chi connectivity index (χ4n) is 1.82. The van der Waals surface area contributed by atoms with Crippen molar-refractivity contribution in [2.45, 2.75) is 11.9 Å². The number of hydrogen-bond donors (Lipinski definition) is 0. The van der Waals surface area contributed by atoms with Crippen LogP contribution in [0.25, 0.3) is 11.3 Å². The molecule has 1 aromatic heterocycles. The Balaban J connectivity index is 2.57. The summed E-state index contributed by atoms with van der Waals surface area (Å²) in [5.41, 5.74) is 3.37. The van der Waals surface area contributed by atoms with Crippen molar-refractivity contribution in [3.8, 4) is 11.3 Å². The molecular formula is C12H12ClIN2S. The van der Waals surface area contributed by atoms with Crippen molar-refractivity contribution in [2.75, 3.05) is 6.26 Å². The van der Waals surface area contributed by atoms with E-state index >= 15 is 0 Å². The Morgan fingerprint density at radius 3 is 2.65 bits per heavy atom. The van der Waals surface area contributed by atoms with Crippen LogP contribution >= 0.6 is 46.0 Å². The Labute approximate surface area is 124 Å². The van der Waals surface area contributed by atoms with Gasteiger partial charge in [0.15, 0.2) is 0 Å². The zero-order chi connectivity index (χ0) is 12.6. The molecule has 90 valence electrons. The molecule has 0 spiro atoms. The van der Waals surface area contributed by atoms with Crippen LogP contribution in [0.3, 0.4) is 0 Å². The zero-order valence-corrected chi connectivity index (χ0v) is 13.5. The van der Waals surface area contributed by atoms with Gasteiger partial charge in [0.05, 0.1) is 15.7 Å². The summed E-state index contributed by atoms with van der Waals surface area (Å²) in [5, 5.41) is 6.56. The fraction of sp³-hybridized carbons (Fsp3) is 0.250. The molecule has 2 rings (SSSR count). The number of halogens is 2. The Morgan fingerprint density at radius 1 is 1.41 bits per heavy atom. The summed E-state index contributed by atoms with van der Waals surface area (Å²) in [6, 6.07) is 6.01. The first-order chi connectivity index (χ1) is 8.04. The van der Waals surface area contributed by atoms with E-state index in [2.05, 4.69) is 46.9 Å². The third kappa shape index (κ3) is 2.48. The lowest BCUT2D eigenvalue weighted by atomic mass is 10.1. The number of rotatable bonds is 2. The normalized spacial score (nSPS) is 10.9. The van der Waals surface area contributed by atoms with Crippen molar-refractivity contribution >= 4 is 46.0 Å². The highest BCUT2D eigenvalue weighted by Gasteiger charge is 2.13. The summed E-state index contributed by atoms with van der Waals surface area (Å²) in [6.07, 6.45) is 2.07. The molecule has 0 saturated heterocycles. The Kier molecular flexibility index (Phi) is 4.05. The van der Waals surface area contributed by atoms with Crippen molar-refractivity contribution in [3.05, 3.63) is 32.4 Å². The predicted octanol–water partition coefficient (Wildman–Crippen LogP) is 4.38. The lowest BCUT2D eigenvalue weighted by Gasteiger charge is -2.01. The molecule has 2 nitrogen and oxygen atoms in total. The molecule has 0 aliphatic heterocycles. The molecule has 5 heteroatoms. The highest BCUT2D eigenvalue weighted by Crippen LogP contribution is 2.31. The molecule has 0 unspecified atom stereocenters. The number of aryl methyl sites for hydroxylation is 1. The number of thioether (sulfide) groups is 1. The molecule has 0 fully saturated rings. The molecule has 0 amide bonds. The standard InChI is InChI=1S/C12H12ClIN2S/c1-7-11(15-16(2)12(7)17-3)8-4-5-9(13)10(14)6-8/h4-6H,1-3H3. The van der Waals surface area contributed by atoms with Crippen molar-refractivity contribution < 1.29 is 0 Å². The number of benzene rings is 1. The molecule has 0 bridgehead atoms. The van der Waals surface area contributed by atoms with Gasteiger partial charge in [0.1, 0.15) is 0 Å². The minimum absolute atomic E-state index is 0.785. The largest absolute Gasteiger partial charge is 0.261 e. The van der Waals surface area contributed by atoms with E-state index in [9.17, 15) is 0 Å². The van der Waals surface area contributed by atoms with Gasteiger partial charge in [0, 0.05) is 21.7 Å². The second kappa shape index (κ2) is 5.20. The molecule has 1 heterocycles. The average molecular weight is 379 g/mol. The fourth-order valence-corrected chi connectivity index (χ4v) is 3.16. The minimum atomic E-state index is 0.785. The summed E-state index contributed by atoms with van der Waals surface area (Å²) in [6.45, 7) is 2.11. The topological polar surface area (TPSA) is 17.8 Å². The van der Waals surface area contributed by atoms with Crippen LogP contribution in [-0.4, -0.2) is 16.0 Å². The average Bonchev–Trinajstić information content (AvgIpc) is 2.58. The quantitative estimate of drug-likeness (QED) is 0.570. The zero-order valence-electron chi connectivity index (χ0n) is 9.79. The van der Waals surface area contributed by atoms with Crippen LogP contribution < -0.4 is 0 Å². The highest BCUT2D eigenvalue weighted by atomic mass is 127. The summed E-state index contributed by atoms with van der Waals surface area (Å²) in [7, 11) is 1.98. The van der Waals surface area contributed by atoms with E-state index < -0.39 is 0 Å². The van der Waals surface area contributed by atoms with Crippen molar-refractivity contribution in [1.82, 2.24) is 9.78 Å². The number of nitrogens with zero attached hydrogens (tertiary/aromatic N) is 2. The van der Waals surface area contributed by atoms with E-state index in [1.54, 1.807) is 11.8 Å². The van der Waals surface area contributed by atoms with Crippen LogP contribution in [0.4, 0.5) is 0 Å². The predicted molar refractivity (Wildman–Crippen MR) is 82.9 cm³/mol. The molecule has 17 heavy (non-hydrogen) atoms. The van der Waals surface area contributed by atoms with E-state index in [1.165, 1.54) is 10.6 Å².